The molecule has 0 spiro atoms. The maximum absolute atomic E-state index is 5.60. The average molecular weight is 268 g/mol. The fourth-order valence-electron chi connectivity index (χ4n) is 1.52. The topological polar surface area (TPSA) is 82.3 Å². The van der Waals surface area contributed by atoms with Gasteiger partial charge in [0, 0.05) is 12.0 Å². The third-order valence-corrected chi connectivity index (χ3v) is 3.59. The first-order valence-electron chi connectivity index (χ1n) is 5.67. The summed E-state index contributed by atoms with van der Waals surface area (Å²) in [6.07, 6.45) is 0.962. The molecule has 2 heterocycles. The summed E-state index contributed by atoms with van der Waals surface area (Å²) < 4.78 is 10.5. The fraction of sp³-hybridized carbons (Fsp3) is 0.455. The Balaban J connectivity index is 2.37. The van der Waals surface area contributed by atoms with Crippen LogP contribution in [0.15, 0.2) is 6.07 Å². The number of nitrogens with two attached hydrogens (primary N) is 1. The Kier molecular flexibility index (Phi) is 4.29. The third-order valence-electron chi connectivity index (χ3n) is 2.41. The molecule has 7 heteroatoms. The second-order valence-corrected chi connectivity index (χ2v) is 4.74. The van der Waals surface area contributed by atoms with Crippen LogP contribution in [0.1, 0.15) is 11.8 Å². The van der Waals surface area contributed by atoms with E-state index in [-0.39, 0.29) is 0 Å². The highest BCUT2D eigenvalue weighted by atomic mass is 32.1. The van der Waals surface area contributed by atoms with Gasteiger partial charge >= 0.3 is 0 Å². The zero-order valence-corrected chi connectivity index (χ0v) is 11.2. The first-order valence-corrected chi connectivity index (χ1v) is 6.49. The maximum atomic E-state index is 5.60. The van der Waals surface area contributed by atoms with E-state index in [1.54, 1.807) is 18.4 Å². The van der Waals surface area contributed by atoms with Gasteiger partial charge in [0.2, 0.25) is 11.8 Å². The molecule has 0 aliphatic rings. The molecule has 2 rings (SSSR count). The number of hydrazine groups is 1. The summed E-state index contributed by atoms with van der Waals surface area (Å²) >= 11 is 1.62. The zero-order valence-electron chi connectivity index (χ0n) is 10.4. The van der Waals surface area contributed by atoms with Crippen LogP contribution in [0.3, 0.4) is 0 Å². The van der Waals surface area contributed by atoms with E-state index in [0.717, 1.165) is 16.6 Å². The number of aromatic nitrogens is 2. The number of anilines is 1. The summed E-state index contributed by atoms with van der Waals surface area (Å²) in [5.74, 6) is 6.26. The van der Waals surface area contributed by atoms with Crippen molar-refractivity contribution in [3.8, 4) is 5.88 Å². The molecule has 0 bridgehead atoms. The van der Waals surface area contributed by atoms with Crippen molar-refractivity contribution < 1.29 is 9.47 Å². The Morgan fingerprint density at radius 1 is 1.39 bits per heavy atom. The number of hydrogen-bond donors (Lipinski definition) is 2. The van der Waals surface area contributed by atoms with E-state index < -0.39 is 0 Å². The molecule has 2 aromatic rings. The SMILES string of the molecule is CCc1cc2c(OCCOC)nc(NN)nc2s1. The zero-order chi connectivity index (χ0) is 13.0. The molecular weight excluding hydrogens is 252 g/mol. The highest BCUT2D eigenvalue weighted by Gasteiger charge is 2.12. The highest BCUT2D eigenvalue weighted by Crippen LogP contribution is 2.31. The van der Waals surface area contributed by atoms with Gasteiger partial charge < -0.3 is 9.47 Å². The van der Waals surface area contributed by atoms with Crippen molar-refractivity contribution in [3.05, 3.63) is 10.9 Å². The molecule has 0 atom stereocenters. The van der Waals surface area contributed by atoms with E-state index in [4.69, 9.17) is 15.3 Å². The van der Waals surface area contributed by atoms with E-state index in [1.165, 1.54) is 4.88 Å². The number of aryl methyl sites for hydroxylation is 1. The number of rotatable bonds is 6. The van der Waals surface area contributed by atoms with Gasteiger partial charge in [0.05, 0.1) is 12.0 Å². The number of hydrogen-bond acceptors (Lipinski definition) is 7. The number of fused-ring (bicyclic) bond motifs is 1. The predicted octanol–water partition coefficient (Wildman–Crippen LogP) is 1.56. The average Bonchev–Trinajstić information content (AvgIpc) is 2.81. The van der Waals surface area contributed by atoms with E-state index in [1.807, 2.05) is 0 Å². The smallest absolute Gasteiger partial charge is 0.241 e. The van der Waals surface area contributed by atoms with Gasteiger partial charge in [-0.15, -0.1) is 11.3 Å². The summed E-state index contributed by atoms with van der Waals surface area (Å²) in [7, 11) is 1.63. The van der Waals surface area contributed by atoms with Gasteiger partial charge in [0.25, 0.3) is 0 Å². The lowest BCUT2D eigenvalue weighted by atomic mass is 10.3. The van der Waals surface area contributed by atoms with Crippen molar-refractivity contribution in [1.29, 1.82) is 0 Å². The summed E-state index contributed by atoms with van der Waals surface area (Å²) in [5.41, 5.74) is 2.45. The van der Waals surface area contributed by atoms with Gasteiger partial charge in [-0.3, -0.25) is 5.43 Å². The van der Waals surface area contributed by atoms with Crippen LogP contribution < -0.4 is 16.0 Å². The predicted molar refractivity (Wildman–Crippen MR) is 72.0 cm³/mol. The van der Waals surface area contributed by atoms with Crippen LogP contribution in [-0.2, 0) is 11.2 Å². The molecule has 0 amide bonds. The number of nitrogens with zero attached hydrogens (tertiary/aromatic N) is 2. The minimum Gasteiger partial charge on any atom is -0.475 e. The molecule has 0 saturated carbocycles. The van der Waals surface area contributed by atoms with Crippen LogP contribution in [0.5, 0.6) is 5.88 Å². The third kappa shape index (κ3) is 2.69. The molecule has 0 aromatic carbocycles. The van der Waals surface area contributed by atoms with Crippen LogP contribution in [0.4, 0.5) is 5.95 Å². The van der Waals surface area contributed by atoms with Gasteiger partial charge in [-0.2, -0.15) is 4.98 Å². The lowest BCUT2D eigenvalue weighted by Gasteiger charge is -2.07. The second-order valence-electron chi connectivity index (χ2n) is 3.62. The lowest BCUT2D eigenvalue weighted by Crippen LogP contribution is -2.12. The summed E-state index contributed by atoms with van der Waals surface area (Å²) in [4.78, 5) is 10.6. The maximum Gasteiger partial charge on any atom is 0.241 e. The Hall–Kier alpha value is -1.44. The minimum absolute atomic E-state index is 0.361. The quantitative estimate of drug-likeness (QED) is 0.470. The van der Waals surface area contributed by atoms with Gasteiger partial charge in [0.15, 0.2) is 0 Å². The number of methoxy groups -OCH3 is 1. The van der Waals surface area contributed by atoms with Crippen molar-refractivity contribution in [2.24, 2.45) is 5.84 Å². The molecule has 0 aliphatic carbocycles. The molecule has 2 aromatic heterocycles. The van der Waals surface area contributed by atoms with Crippen molar-refractivity contribution >= 4 is 27.5 Å². The molecule has 0 radical (unpaired) electrons. The lowest BCUT2D eigenvalue weighted by molar-refractivity contribution is 0.144. The molecule has 18 heavy (non-hydrogen) atoms. The summed E-state index contributed by atoms with van der Waals surface area (Å²) in [5, 5.41) is 0.923. The Morgan fingerprint density at radius 3 is 2.89 bits per heavy atom. The number of nitrogens with one attached hydrogen (secondary N) is 1. The minimum atomic E-state index is 0.361. The Morgan fingerprint density at radius 2 is 2.22 bits per heavy atom. The molecule has 6 nitrogen and oxygen atoms in total. The van der Waals surface area contributed by atoms with E-state index in [2.05, 4.69) is 28.4 Å². The van der Waals surface area contributed by atoms with Crippen molar-refractivity contribution in [2.75, 3.05) is 25.7 Å². The monoisotopic (exact) mass is 268 g/mol. The normalized spacial score (nSPS) is 10.8. The van der Waals surface area contributed by atoms with Gasteiger partial charge in [-0.1, -0.05) is 6.92 Å². The second kappa shape index (κ2) is 5.94. The van der Waals surface area contributed by atoms with Crippen LogP contribution in [0, 0.1) is 0 Å². The van der Waals surface area contributed by atoms with Crippen LogP contribution >= 0.6 is 11.3 Å². The van der Waals surface area contributed by atoms with Crippen LogP contribution in [-0.4, -0.2) is 30.3 Å². The highest BCUT2D eigenvalue weighted by molar-refractivity contribution is 7.18. The first kappa shape index (κ1) is 13.0. The van der Waals surface area contributed by atoms with Crippen LogP contribution in [0.2, 0.25) is 0 Å². The number of thiophene rings is 1. The largest absolute Gasteiger partial charge is 0.475 e. The van der Waals surface area contributed by atoms with Crippen molar-refractivity contribution in [1.82, 2.24) is 9.97 Å². The Bertz CT molecular complexity index is 529. The standard InChI is InChI=1S/C11H16N4O2S/c1-3-7-6-8-9(17-5-4-16-2)13-11(15-12)14-10(8)18-7/h6H,3-5,12H2,1-2H3,(H,13,14,15). The molecule has 0 fully saturated rings. The van der Waals surface area contributed by atoms with E-state index in [9.17, 15) is 0 Å². The van der Waals surface area contributed by atoms with E-state index >= 15 is 0 Å². The fourth-order valence-corrected chi connectivity index (χ4v) is 2.47. The molecule has 0 saturated heterocycles. The molecule has 0 aliphatic heterocycles. The number of ether oxygens (including phenoxy) is 2. The molecule has 98 valence electrons. The van der Waals surface area contributed by atoms with Gasteiger partial charge in [-0.25, -0.2) is 10.8 Å². The first-order chi connectivity index (χ1) is 8.78. The summed E-state index contributed by atoms with van der Waals surface area (Å²) in [6.45, 7) is 3.07. The van der Waals surface area contributed by atoms with Crippen LogP contribution in [0.25, 0.3) is 10.2 Å². The Labute approximate surface area is 109 Å². The van der Waals surface area contributed by atoms with Crippen molar-refractivity contribution in [2.45, 2.75) is 13.3 Å². The number of nitrogen functional groups attached to an aromatic ring is 1. The molecular formula is C11H16N4O2S. The molecule has 0 unspecified atom stereocenters. The van der Waals surface area contributed by atoms with Gasteiger partial charge in [0.1, 0.15) is 11.4 Å². The molecule has 3 N–H and O–H groups in total. The van der Waals surface area contributed by atoms with Gasteiger partial charge in [-0.05, 0) is 12.5 Å². The van der Waals surface area contributed by atoms with E-state index in [0.29, 0.717) is 25.0 Å². The summed E-state index contributed by atoms with van der Waals surface area (Å²) in [6, 6.07) is 2.06. The van der Waals surface area contributed by atoms with Crippen molar-refractivity contribution in [3.63, 3.8) is 0 Å².